The van der Waals surface area contributed by atoms with Crippen molar-refractivity contribution in [1.82, 2.24) is 15.0 Å². The van der Waals surface area contributed by atoms with Gasteiger partial charge in [0.1, 0.15) is 18.2 Å². The summed E-state index contributed by atoms with van der Waals surface area (Å²) >= 11 is 0. The number of aliphatic hydroxyl groups excluding tert-OH is 1. The topological polar surface area (TPSA) is 74.3 Å². The van der Waals surface area contributed by atoms with Crippen molar-refractivity contribution in [2.24, 2.45) is 0 Å². The number of ether oxygens (including phenoxy) is 1. The Labute approximate surface area is 174 Å². The van der Waals surface area contributed by atoms with Crippen molar-refractivity contribution in [2.75, 3.05) is 18.1 Å². The number of nitrogens with zero attached hydrogens (tertiary/aromatic N) is 3. The highest BCUT2D eigenvalue weighted by Gasteiger charge is 2.31. The lowest BCUT2D eigenvalue weighted by Crippen LogP contribution is -2.43. The molecule has 3 heterocycles. The average molecular weight is 398 g/mol. The zero-order valence-corrected chi connectivity index (χ0v) is 16.7. The van der Waals surface area contributed by atoms with Gasteiger partial charge in [0.15, 0.2) is 5.75 Å². The van der Waals surface area contributed by atoms with Crippen LogP contribution in [0.5, 0.6) is 5.75 Å². The number of para-hydroxylation sites is 1. The molecule has 0 radical (unpaired) electrons. The Hall–Kier alpha value is -3.64. The van der Waals surface area contributed by atoms with E-state index >= 15 is 0 Å². The van der Waals surface area contributed by atoms with Gasteiger partial charge in [-0.1, -0.05) is 24.8 Å². The number of aromatic amines is 1. The van der Waals surface area contributed by atoms with E-state index in [1.807, 2.05) is 41.3 Å². The van der Waals surface area contributed by atoms with Crippen LogP contribution in [0, 0.1) is 6.92 Å². The van der Waals surface area contributed by atoms with Crippen LogP contribution in [0.2, 0.25) is 0 Å². The molecular formula is C24H22N4O2. The number of imidazole rings is 1. The van der Waals surface area contributed by atoms with Crippen molar-refractivity contribution in [2.45, 2.75) is 13.0 Å². The molecule has 1 aliphatic rings. The van der Waals surface area contributed by atoms with Gasteiger partial charge in [-0.05, 0) is 54.4 Å². The predicted molar refractivity (Wildman–Crippen MR) is 119 cm³/mol. The number of benzene rings is 2. The summed E-state index contributed by atoms with van der Waals surface area (Å²) in [6, 6.07) is 15.8. The van der Waals surface area contributed by atoms with E-state index < -0.39 is 0 Å². The summed E-state index contributed by atoms with van der Waals surface area (Å²) in [6.45, 7) is 6.15. The van der Waals surface area contributed by atoms with Crippen LogP contribution < -0.4 is 9.64 Å². The monoisotopic (exact) mass is 398 g/mol. The molecule has 0 unspecified atom stereocenters. The van der Waals surface area contributed by atoms with Gasteiger partial charge in [0, 0.05) is 6.20 Å². The maximum atomic E-state index is 9.97. The van der Waals surface area contributed by atoms with Gasteiger partial charge < -0.3 is 19.7 Å². The molecule has 6 nitrogen and oxygen atoms in total. The zero-order valence-electron chi connectivity index (χ0n) is 16.7. The molecule has 2 aromatic carbocycles. The summed E-state index contributed by atoms with van der Waals surface area (Å²) in [5.41, 5.74) is 5.76. The molecular weight excluding hydrogens is 376 g/mol. The first kappa shape index (κ1) is 18.4. The van der Waals surface area contributed by atoms with Gasteiger partial charge in [-0.15, -0.1) is 0 Å². The maximum absolute atomic E-state index is 9.97. The van der Waals surface area contributed by atoms with Crippen LogP contribution in [0.25, 0.3) is 28.5 Å². The van der Waals surface area contributed by atoms with E-state index in [2.05, 4.69) is 35.6 Å². The second-order valence-electron chi connectivity index (χ2n) is 7.43. The summed E-state index contributed by atoms with van der Waals surface area (Å²) in [7, 11) is 0. The Balaban J connectivity index is 1.64. The molecule has 2 aromatic heterocycles. The number of aryl methyl sites for hydroxylation is 1. The third-order valence-corrected chi connectivity index (χ3v) is 5.40. The Morgan fingerprint density at radius 1 is 1.27 bits per heavy atom. The number of aromatic nitrogens is 3. The van der Waals surface area contributed by atoms with E-state index in [0.29, 0.717) is 6.61 Å². The molecule has 0 spiro atoms. The lowest BCUT2D eigenvalue weighted by Gasteiger charge is -2.37. The van der Waals surface area contributed by atoms with Crippen LogP contribution in [0.15, 0.2) is 61.3 Å². The minimum absolute atomic E-state index is 0.0432. The molecule has 150 valence electrons. The van der Waals surface area contributed by atoms with Crippen molar-refractivity contribution in [3.05, 3.63) is 72.4 Å². The minimum atomic E-state index is -0.229. The molecule has 30 heavy (non-hydrogen) atoms. The lowest BCUT2D eigenvalue weighted by molar-refractivity contribution is 0.195. The van der Waals surface area contributed by atoms with Crippen LogP contribution in [-0.4, -0.2) is 39.3 Å². The number of pyridine rings is 1. The normalized spacial score (nSPS) is 15.7. The molecule has 0 amide bonds. The smallest absolute Gasteiger partial charge is 0.154 e. The second kappa shape index (κ2) is 7.31. The highest BCUT2D eigenvalue weighted by molar-refractivity contribution is 5.85. The van der Waals surface area contributed by atoms with Crippen molar-refractivity contribution < 1.29 is 9.84 Å². The summed E-state index contributed by atoms with van der Waals surface area (Å²) in [6.07, 6.45) is 3.53. The SMILES string of the molecule is C=Cc1ccc(N2c3cccc(-c4nc5ccc(C)cc5[nH]4)c3OC[C@@H]2CO)nc1. The molecule has 1 aliphatic heterocycles. The van der Waals surface area contributed by atoms with Gasteiger partial charge in [-0.25, -0.2) is 9.97 Å². The highest BCUT2D eigenvalue weighted by Crippen LogP contribution is 2.44. The molecule has 5 rings (SSSR count). The third-order valence-electron chi connectivity index (χ3n) is 5.40. The molecule has 0 aliphatic carbocycles. The molecule has 1 atom stereocenters. The number of fused-ring (bicyclic) bond motifs is 2. The fourth-order valence-electron chi connectivity index (χ4n) is 3.86. The number of nitrogens with one attached hydrogen (secondary N) is 1. The van der Waals surface area contributed by atoms with Gasteiger partial charge in [0.25, 0.3) is 0 Å². The summed E-state index contributed by atoms with van der Waals surface area (Å²) < 4.78 is 6.12. The lowest BCUT2D eigenvalue weighted by atomic mass is 10.1. The van der Waals surface area contributed by atoms with E-state index in [9.17, 15) is 5.11 Å². The number of hydrogen-bond acceptors (Lipinski definition) is 5. The Kier molecular flexibility index (Phi) is 4.48. The summed E-state index contributed by atoms with van der Waals surface area (Å²) in [5.74, 6) is 2.24. The Morgan fingerprint density at radius 2 is 2.17 bits per heavy atom. The molecule has 0 saturated carbocycles. The first-order chi connectivity index (χ1) is 14.7. The van der Waals surface area contributed by atoms with Crippen LogP contribution in [0.3, 0.4) is 0 Å². The number of anilines is 2. The number of aliphatic hydroxyl groups is 1. The van der Waals surface area contributed by atoms with E-state index in [4.69, 9.17) is 9.72 Å². The molecule has 0 fully saturated rings. The molecule has 2 N–H and O–H groups in total. The quantitative estimate of drug-likeness (QED) is 0.531. The first-order valence-corrected chi connectivity index (χ1v) is 9.89. The Morgan fingerprint density at radius 3 is 2.93 bits per heavy atom. The standard InChI is InChI=1S/C24H22N4O2/c1-3-16-8-10-22(25-12-16)28-17(13-29)14-30-23-18(5-4-6-21(23)28)24-26-19-9-7-15(2)11-20(19)27-24/h3-12,17,29H,1,13-14H2,2H3,(H,26,27)/t17-/m0/s1. The van der Waals surface area contributed by atoms with E-state index in [0.717, 1.165) is 45.2 Å². The van der Waals surface area contributed by atoms with Crippen LogP contribution >= 0.6 is 0 Å². The molecule has 4 aromatic rings. The fraction of sp³-hybridized carbons (Fsp3) is 0.167. The average Bonchev–Trinajstić information content (AvgIpc) is 3.21. The van der Waals surface area contributed by atoms with Crippen LogP contribution in [0.4, 0.5) is 11.5 Å². The number of H-pyrrole nitrogens is 1. The second-order valence-corrected chi connectivity index (χ2v) is 7.43. The molecule has 0 saturated heterocycles. The zero-order chi connectivity index (χ0) is 20.7. The highest BCUT2D eigenvalue weighted by atomic mass is 16.5. The van der Waals surface area contributed by atoms with E-state index in [-0.39, 0.29) is 12.6 Å². The third kappa shape index (κ3) is 3.02. The number of rotatable bonds is 4. The first-order valence-electron chi connectivity index (χ1n) is 9.89. The predicted octanol–water partition coefficient (Wildman–Crippen LogP) is 4.47. The van der Waals surface area contributed by atoms with Gasteiger partial charge in [-0.3, -0.25) is 0 Å². The van der Waals surface area contributed by atoms with Gasteiger partial charge >= 0.3 is 0 Å². The Bertz CT molecular complexity index is 1230. The van der Waals surface area contributed by atoms with Crippen molar-refractivity contribution in [3.8, 4) is 17.1 Å². The van der Waals surface area contributed by atoms with Gasteiger partial charge in [0.05, 0.1) is 34.9 Å². The van der Waals surface area contributed by atoms with Crippen molar-refractivity contribution in [1.29, 1.82) is 0 Å². The minimum Gasteiger partial charge on any atom is -0.488 e. The van der Waals surface area contributed by atoms with E-state index in [1.54, 1.807) is 12.3 Å². The summed E-state index contributed by atoms with van der Waals surface area (Å²) in [5, 5.41) is 9.97. The van der Waals surface area contributed by atoms with Crippen LogP contribution in [-0.2, 0) is 0 Å². The van der Waals surface area contributed by atoms with E-state index in [1.165, 1.54) is 5.56 Å². The van der Waals surface area contributed by atoms with Crippen molar-refractivity contribution in [3.63, 3.8) is 0 Å². The fourth-order valence-corrected chi connectivity index (χ4v) is 3.86. The van der Waals surface area contributed by atoms with Gasteiger partial charge in [0.2, 0.25) is 0 Å². The maximum Gasteiger partial charge on any atom is 0.154 e. The van der Waals surface area contributed by atoms with Gasteiger partial charge in [-0.2, -0.15) is 0 Å². The van der Waals surface area contributed by atoms with Crippen LogP contribution in [0.1, 0.15) is 11.1 Å². The molecule has 0 bridgehead atoms. The summed E-state index contributed by atoms with van der Waals surface area (Å²) in [4.78, 5) is 14.8. The number of hydrogen-bond donors (Lipinski definition) is 2. The molecule has 6 heteroatoms. The van der Waals surface area contributed by atoms with Crippen molar-refractivity contribution >= 4 is 28.6 Å². The largest absolute Gasteiger partial charge is 0.488 e.